The summed E-state index contributed by atoms with van der Waals surface area (Å²) >= 11 is 3.07. The highest BCUT2D eigenvalue weighted by Crippen LogP contribution is 2.30. The second kappa shape index (κ2) is 7.31. The molecule has 0 unspecified atom stereocenters. The monoisotopic (exact) mass is 380 g/mol. The Hall–Kier alpha value is -2.64. The Kier molecular flexibility index (Phi) is 4.73. The van der Waals surface area contributed by atoms with Gasteiger partial charge in [-0.1, -0.05) is 42.1 Å². The fourth-order valence-electron chi connectivity index (χ4n) is 2.65. The van der Waals surface area contributed by atoms with Crippen LogP contribution in [0.15, 0.2) is 65.1 Å². The molecule has 0 atom stereocenters. The number of fused-ring (bicyclic) bond motifs is 1. The van der Waals surface area contributed by atoms with E-state index in [1.807, 2.05) is 41.8 Å². The molecule has 1 amide bonds. The minimum Gasteiger partial charge on any atom is -0.302 e. The van der Waals surface area contributed by atoms with Crippen LogP contribution >= 0.6 is 23.1 Å². The van der Waals surface area contributed by atoms with Crippen LogP contribution < -0.4 is 5.32 Å². The van der Waals surface area contributed by atoms with Crippen molar-refractivity contribution in [3.8, 4) is 5.69 Å². The highest BCUT2D eigenvalue weighted by atomic mass is 32.2. The lowest BCUT2D eigenvalue weighted by atomic mass is 10.3. The van der Waals surface area contributed by atoms with E-state index >= 15 is 0 Å². The number of aromatic nitrogens is 3. The van der Waals surface area contributed by atoms with Gasteiger partial charge < -0.3 is 5.32 Å². The number of nitrogens with one attached hydrogen (secondary N) is 1. The number of hydrogen-bond acceptors (Lipinski definition) is 5. The summed E-state index contributed by atoms with van der Waals surface area (Å²) < 4.78 is 2.17. The summed E-state index contributed by atoms with van der Waals surface area (Å²) in [5, 5.41) is 6.24. The van der Waals surface area contributed by atoms with Crippen molar-refractivity contribution in [1.82, 2.24) is 14.5 Å². The quantitative estimate of drug-likeness (QED) is 0.508. The molecule has 0 saturated carbocycles. The molecule has 0 aliphatic rings. The third-order valence-corrected chi connectivity index (χ3v) is 5.51. The average Bonchev–Trinajstić information content (AvgIpc) is 3.24. The second-order valence-corrected chi connectivity index (χ2v) is 7.47. The van der Waals surface area contributed by atoms with Gasteiger partial charge in [0.15, 0.2) is 10.3 Å². The summed E-state index contributed by atoms with van der Waals surface area (Å²) in [6, 6.07) is 18.3. The number of amides is 1. The van der Waals surface area contributed by atoms with Crippen LogP contribution in [0.4, 0.5) is 5.13 Å². The molecule has 2 heterocycles. The third kappa shape index (κ3) is 3.49. The van der Waals surface area contributed by atoms with E-state index in [1.165, 1.54) is 18.3 Å². The lowest BCUT2D eigenvalue weighted by molar-refractivity contribution is -0.114. The van der Waals surface area contributed by atoms with E-state index < -0.39 is 0 Å². The van der Waals surface area contributed by atoms with Gasteiger partial charge in [0.25, 0.3) is 0 Å². The fourth-order valence-corrected chi connectivity index (χ4v) is 4.43. The van der Waals surface area contributed by atoms with E-state index in [9.17, 15) is 4.79 Å². The zero-order valence-corrected chi connectivity index (χ0v) is 15.7. The Labute approximate surface area is 159 Å². The predicted octanol–water partition coefficient (Wildman–Crippen LogP) is 4.73. The molecule has 7 heteroatoms. The lowest BCUT2D eigenvalue weighted by Crippen LogP contribution is -2.05. The van der Waals surface area contributed by atoms with Gasteiger partial charge in [0.1, 0.15) is 0 Å². The second-order valence-electron chi connectivity index (χ2n) is 5.67. The molecular weight excluding hydrogens is 364 g/mol. The Morgan fingerprint density at radius 3 is 2.69 bits per heavy atom. The molecule has 0 saturated heterocycles. The Morgan fingerprint density at radius 2 is 1.88 bits per heavy atom. The van der Waals surface area contributed by atoms with Crippen molar-refractivity contribution in [2.24, 2.45) is 0 Å². The third-order valence-electron chi connectivity index (χ3n) is 3.73. The van der Waals surface area contributed by atoms with Crippen LogP contribution in [0, 0.1) is 0 Å². The van der Waals surface area contributed by atoms with Crippen LogP contribution in [-0.2, 0) is 10.5 Å². The Bertz CT molecular complexity index is 1060. The van der Waals surface area contributed by atoms with Gasteiger partial charge in [0, 0.05) is 23.7 Å². The summed E-state index contributed by atoms with van der Waals surface area (Å²) in [5.41, 5.74) is 4.06. The van der Waals surface area contributed by atoms with E-state index in [0.717, 1.165) is 27.6 Å². The normalized spacial score (nSPS) is 11.0. The number of anilines is 1. The van der Waals surface area contributed by atoms with Gasteiger partial charge in [-0.25, -0.2) is 9.97 Å². The molecule has 0 radical (unpaired) electrons. The van der Waals surface area contributed by atoms with Crippen LogP contribution in [0.3, 0.4) is 0 Å². The Balaban J connectivity index is 1.64. The van der Waals surface area contributed by atoms with Crippen LogP contribution in [-0.4, -0.2) is 20.4 Å². The number of hydrogen-bond donors (Lipinski definition) is 1. The topological polar surface area (TPSA) is 59.8 Å². The first-order valence-electron chi connectivity index (χ1n) is 8.08. The largest absolute Gasteiger partial charge is 0.302 e. The molecular formula is C19H16N4OS2. The van der Waals surface area contributed by atoms with E-state index in [1.54, 1.807) is 11.8 Å². The molecule has 4 aromatic rings. The van der Waals surface area contributed by atoms with E-state index in [4.69, 9.17) is 4.98 Å². The minimum atomic E-state index is -0.107. The molecule has 0 aliphatic heterocycles. The maximum Gasteiger partial charge on any atom is 0.223 e. The number of rotatable bonds is 5. The Morgan fingerprint density at radius 1 is 1.12 bits per heavy atom. The van der Waals surface area contributed by atoms with Crippen LogP contribution in [0.2, 0.25) is 0 Å². The first-order chi connectivity index (χ1) is 12.7. The number of benzene rings is 2. The zero-order chi connectivity index (χ0) is 17.9. The molecule has 4 rings (SSSR count). The van der Waals surface area contributed by atoms with Crippen molar-refractivity contribution < 1.29 is 4.79 Å². The smallest absolute Gasteiger partial charge is 0.223 e. The van der Waals surface area contributed by atoms with Crippen LogP contribution in [0.1, 0.15) is 12.6 Å². The van der Waals surface area contributed by atoms with Crippen molar-refractivity contribution in [1.29, 1.82) is 0 Å². The van der Waals surface area contributed by atoms with Crippen molar-refractivity contribution in [2.75, 3.05) is 5.32 Å². The van der Waals surface area contributed by atoms with E-state index in [2.05, 4.69) is 33.1 Å². The molecule has 1 N–H and O–H groups in total. The SMILES string of the molecule is CC(=O)Nc1nc(CSc2nc3ccccc3n2-c2ccccc2)cs1. The minimum absolute atomic E-state index is 0.107. The lowest BCUT2D eigenvalue weighted by Gasteiger charge is -2.08. The standard InChI is InChI=1S/C19H16N4OS2/c1-13(24)20-18-21-14(11-25-18)12-26-19-22-16-9-5-6-10-17(16)23(19)15-7-3-2-4-8-15/h2-11H,12H2,1H3,(H,20,21,24). The number of thioether (sulfide) groups is 1. The van der Waals surface area contributed by atoms with Crippen LogP contribution in [0.5, 0.6) is 0 Å². The number of carbonyl (C=O) groups is 1. The van der Waals surface area contributed by atoms with Crippen LogP contribution in [0.25, 0.3) is 16.7 Å². The van der Waals surface area contributed by atoms with E-state index in [-0.39, 0.29) is 5.91 Å². The van der Waals surface area contributed by atoms with Crippen molar-refractivity contribution in [2.45, 2.75) is 17.8 Å². The molecule has 0 fully saturated rings. The molecule has 5 nitrogen and oxygen atoms in total. The van der Waals surface area contributed by atoms with Gasteiger partial charge >= 0.3 is 0 Å². The molecule has 0 aliphatic carbocycles. The van der Waals surface area contributed by atoms with Gasteiger partial charge in [-0.15, -0.1) is 11.3 Å². The average molecular weight is 380 g/mol. The number of imidazole rings is 1. The van der Waals surface area contributed by atoms with Gasteiger partial charge in [0.2, 0.25) is 5.91 Å². The molecule has 130 valence electrons. The maximum absolute atomic E-state index is 11.1. The van der Waals surface area contributed by atoms with Crippen molar-refractivity contribution in [3.63, 3.8) is 0 Å². The van der Waals surface area contributed by atoms with Gasteiger partial charge in [-0.05, 0) is 24.3 Å². The zero-order valence-electron chi connectivity index (χ0n) is 14.0. The summed E-state index contributed by atoms with van der Waals surface area (Å²) in [4.78, 5) is 20.4. The van der Waals surface area contributed by atoms with Crippen molar-refractivity contribution in [3.05, 3.63) is 65.7 Å². The number of carbonyl (C=O) groups excluding carboxylic acids is 1. The summed E-state index contributed by atoms with van der Waals surface area (Å²) in [7, 11) is 0. The maximum atomic E-state index is 11.1. The first-order valence-corrected chi connectivity index (χ1v) is 9.95. The van der Waals surface area contributed by atoms with Gasteiger partial charge in [-0.3, -0.25) is 9.36 Å². The molecule has 2 aromatic carbocycles. The molecule has 0 spiro atoms. The first kappa shape index (κ1) is 16.8. The van der Waals surface area contributed by atoms with E-state index in [0.29, 0.717) is 10.9 Å². The van der Waals surface area contributed by atoms with Gasteiger partial charge in [-0.2, -0.15) is 0 Å². The summed E-state index contributed by atoms with van der Waals surface area (Å²) in [5.74, 6) is 0.580. The number of thiazole rings is 1. The van der Waals surface area contributed by atoms with Gasteiger partial charge in [0.05, 0.1) is 16.7 Å². The molecule has 26 heavy (non-hydrogen) atoms. The molecule has 0 bridgehead atoms. The molecule has 2 aromatic heterocycles. The summed E-state index contributed by atoms with van der Waals surface area (Å²) in [6.45, 7) is 1.48. The highest BCUT2D eigenvalue weighted by molar-refractivity contribution is 7.98. The number of nitrogens with zero attached hydrogens (tertiary/aromatic N) is 3. The fraction of sp³-hybridized carbons (Fsp3) is 0.105. The van der Waals surface area contributed by atoms with Crippen molar-refractivity contribution >= 4 is 45.2 Å². The predicted molar refractivity (Wildman–Crippen MR) is 107 cm³/mol. The highest BCUT2D eigenvalue weighted by Gasteiger charge is 2.13. The summed E-state index contributed by atoms with van der Waals surface area (Å²) in [6.07, 6.45) is 0. The number of para-hydroxylation sites is 3.